The van der Waals surface area contributed by atoms with Gasteiger partial charge in [0.05, 0.1) is 14.9 Å². The fourth-order valence-electron chi connectivity index (χ4n) is 1.43. The van der Waals surface area contributed by atoms with Crippen molar-refractivity contribution in [1.82, 2.24) is 25.2 Å². The van der Waals surface area contributed by atoms with Gasteiger partial charge in [0.1, 0.15) is 12.2 Å². The molecule has 7 nitrogen and oxygen atoms in total. The van der Waals surface area contributed by atoms with Crippen LogP contribution in [0.15, 0.2) is 26.5 Å². The van der Waals surface area contributed by atoms with Gasteiger partial charge in [0.15, 0.2) is 6.29 Å². The lowest BCUT2D eigenvalue weighted by molar-refractivity contribution is 0.111. The van der Waals surface area contributed by atoms with Crippen molar-refractivity contribution < 1.29 is 9.21 Å². The lowest BCUT2D eigenvalue weighted by atomic mass is 10.5. The topological polar surface area (TPSA) is 86.7 Å². The summed E-state index contributed by atoms with van der Waals surface area (Å²) in [6, 6.07) is 3.81. The SMILES string of the molecule is O=Cc1cn(Cc2nnc(-c3ccc(Br)s3)o2)nn1. The van der Waals surface area contributed by atoms with Crippen LogP contribution in [0.1, 0.15) is 16.4 Å². The second-order valence-corrected chi connectivity index (χ2v) is 6.03. The summed E-state index contributed by atoms with van der Waals surface area (Å²) in [7, 11) is 0. The summed E-state index contributed by atoms with van der Waals surface area (Å²) in [6.07, 6.45) is 2.14. The molecular weight excluding hydrogens is 334 g/mol. The minimum Gasteiger partial charge on any atom is -0.418 e. The van der Waals surface area contributed by atoms with Gasteiger partial charge in [-0.05, 0) is 28.1 Å². The first-order valence-corrected chi connectivity index (χ1v) is 6.79. The van der Waals surface area contributed by atoms with Crippen molar-refractivity contribution in [3.63, 3.8) is 0 Å². The normalized spacial score (nSPS) is 10.8. The Morgan fingerprint density at radius 1 is 1.37 bits per heavy atom. The Hall–Kier alpha value is -1.87. The second kappa shape index (κ2) is 5.02. The minimum atomic E-state index is 0.266. The Labute approximate surface area is 119 Å². The maximum atomic E-state index is 10.5. The zero-order valence-corrected chi connectivity index (χ0v) is 11.8. The summed E-state index contributed by atoms with van der Waals surface area (Å²) in [6.45, 7) is 0.278. The van der Waals surface area contributed by atoms with E-state index in [1.165, 1.54) is 22.2 Å². The summed E-state index contributed by atoms with van der Waals surface area (Å²) in [5.41, 5.74) is 0.266. The molecule has 19 heavy (non-hydrogen) atoms. The molecule has 3 heterocycles. The Balaban J connectivity index is 1.79. The molecule has 0 saturated carbocycles. The van der Waals surface area contributed by atoms with E-state index >= 15 is 0 Å². The number of halogens is 1. The van der Waals surface area contributed by atoms with Gasteiger partial charge in [0.2, 0.25) is 5.89 Å². The third-order valence-electron chi connectivity index (χ3n) is 2.23. The van der Waals surface area contributed by atoms with E-state index in [4.69, 9.17) is 4.42 Å². The number of carbonyl (C=O) groups excluding carboxylic acids is 1. The van der Waals surface area contributed by atoms with E-state index in [0.29, 0.717) is 18.1 Å². The first-order chi connectivity index (χ1) is 9.24. The Morgan fingerprint density at radius 3 is 2.95 bits per heavy atom. The van der Waals surface area contributed by atoms with E-state index < -0.39 is 0 Å². The number of nitrogens with zero attached hydrogens (tertiary/aromatic N) is 5. The van der Waals surface area contributed by atoms with E-state index in [2.05, 4.69) is 36.4 Å². The van der Waals surface area contributed by atoms with Crippen LogP contribution >= 0.6 is 27.3 Å². The highest BCUT2D eigenvalue weighted by molar-refractivity contribution is 9.11. The van der Waals surface area contributed by atoms with Crippen molar-refractivity contribution >= 4 is 33.6 Å². The van der Waals surface area contributed by atoms with Gasteiger partial charge in [-0.15, -0.1) is 26.6 Å². The van der Waals surface area contributed by atoms with Gasteiger partial charge in [-0.2, -0.15) is 0 Å². The van der Waals surface area contributed by atoms with E-state index in [9.17, 15) is 4.79 Å². The molecule has 0 N–H and O–H groups in total. The first kappa shape index (κ1) is 12.2. The van der Waals surface area contributed by atoms with Crippen molar-refractivity contribution in [3.8, 4) is 10.8 Å². The van der Waals surface area contributed by atoms with Gasteiger partial charge >= 0.3 is 0 Å². The van der Waals surface area contributed by atoms with Gasteiger partial charge in [0.25, 0.3) is 5.89 Å². The molecule has 0 atom stereocenters. The Kier molecular flexibility index (Phi) is 3.22. The van der Waals surface area contributed by atoms with Gasteiger partial charge in [0, 0.05) is 0 Å². The monoisotopic (exact) mass is 339 g/mol. The third-order valence-corrected chi connectivity index (χ3v) is 3.84. The third kappa shape index (κ3) is 2.61. The summed E-state index contributed by atoms with van der Waals surface area (Å²) >= 11 is 4.88. The zero-order chi connectivity index (χ0) is 13.2. The highest BCUT2D eigenvalue weighted by Crippen LogP contribution is 2.30. The molecule has 3 rings (SSSR count). The number of rotatable bonds is 4. The number of carbonyl (C=O) groups is 1. The largest absolute Gasteiger partial charge is 0.418 e. The van der Waals surface area contributed by atoms with Crippen molar-refractivity contribution in [2.24, 2.45) is 0 Å². The van der Waals surface area contributed by atoms with Gasteiger partial charge in [-0.1, -0.05) is 5.21 Å². The summed E-state index contributed by atoms with van der Waals surface area (Å²) < 4.78 is 7.98. The number of hydrogen-bond acceptors (Lipinski definition) is 7. The lowest BCUT2D eigenvalue weighted by Gasteiger charge is -1.92. The maximum absolute atomic E-state index is 10.5. The molecular formula is C10H6BrN5O2S. The molecule has 0 amide bonds. The van der Waals surface area contributed by atoms with Gasteiger partial charge in [-0.25, -0.2) is 4.68 Å². The van der Waals surface area contributed by atoms with Crippen LogP contribution in [0.5, 0.6) is 0 Å². The van der Waals surface area contributed by atoms with Crippen LogP contribution in [0.4, 0.5) is 0 Å². The highest BCUT2D eigenvalue weighted by atomic mass is 79.9. The summed E-state index contributed by atoms with van der Waals surface area (Å²) in [5, 5.41) is 15.3. The molecule has 0 unspecified atom stereocenters. The standard InChI is InChI=1S/C10H6BrN5O2S/c11-8-2-1-7(19-8)10-14-13-9(18-10)4-16-3-6(5-17)12-15-16/h1-3,5H,4H2. The quantitative estimate of drug-likeness (QED) is 0.675. The van der Waals surface area contributed by atoms with Crippen LogP contribution in [-0.2, 0) is 6.54 Å². The maximum Gasteiger partial charge on any atom is 0.257 e. The molecule has 0 fully saturated rings. The Bertz CT molecular complexity index is 719. The molecule has 0 aromatic carbocycles. The average Bonchev–Trinajstić information content (AvgIpc) is 3.10. The summed E-state index contributed by atoms with van der Waals surface area (Å²) in [5.74, 6) is 0.864. The second-order valence-electron chi connectivity index (χ2n) is 3.56. The molecule has 0 aliphatic heterocycles. The fourth-order valence-corrected chi connectivity index (χ4v) is 2.74. The van der Waals surface area contributed by atoms with Crippen molar-refractivity contribution in [3.05, 3.63) is 33.7 Å². The molecule has 96 valence electrons. The van der Waals surface area contributed by atoms with Crippen LogP contribution in [-0.4, -0.2) is 31.5 Å². The first-order valence-electron chi connectivity index (χ1n) is 5.18. The molecule has 0 saturated heterocycles. The van der Waals surface area contributed by atoms with Crippen LogP contribution in [0.2, 0.25) is 0 Å². The van der Waals surface area contributed by atoms with E-state index in [-0.39, 0.29) is 12.2 Å². The van der Waals surface area contributed by atoms with Gasteiger partial charge in [-0.3, -0.25) is 4.79 Å². The number of aldehydes is 1. The van der Waals surface area contributed by atoms with E-state index in [1.54, 1.807) is 0 Å². The lowest BCUT2D eigenvalue weighted by Crippen LogP contribution is -2.00. The van der Waals surface area contributed by atoms with Crippen LogP contribution < -0.4 is 0 Å². The number of hydrogen-bond donors (Lipinski definition) is 0. The van der Waals surface area contributed by atoms with Crippen LogP contribution in [0.25, 0.3) is 10.8 Å². The molecule has 0 aliphatic carbocycles. The molecule has 3 aromatic rings. The van der Waals surface area contributed by atoms with E-state index in [0.717, 1.165) is 8.66 Å². The molecule has 9 heteroatoms. The Morgan fingerprint density at radius 2 is 2.26 bits per heavy atom. The summed E-state index contributed by atoms with van der Waals surface area (Å²) in [4.78, 5) is 11.4. The fraction of sp³-hybridized carbons (Fsp3) is 0.100. The zero-order valence-electron chi connectivity index (χ0n) is 9.36. The van der Waals surface area contributed by atoms with E-state index in [1.807, 2.05) is 12.1 Å². The van der Waals surface area contributed by atoms with Crippen LogP contribution in [0.3, 0.4) is 0 Å². The minimum absolute atomic E-state index is 0.266. The van der Waals surface area contributed by atoms with Crippen LogP contribution in [0, 0.1) is 0 Å². The predicted molar refractivity (Wildman–Crippen MR) is 69.8 cm³/mol. The molecule has 3 aromatic heterocycles. The average molecular weight is 340 g/mol. The number of aromatic nitrogens is 5. The highest BCUT2D eigenvalue weighted by Gasteiger charge is 2.11. The predicted octanol–water partition coefficient (Wildman–Crippen LogP) is 2.01. The van der Waals surface area contributed by atoms with Crippen molar-refractivity contribution in [1.29, 1.82) is 0 Å². The molecule has 0 radical (unpaired) electrons. The smallest absolute Gasteiger partial charge is 0.257 e. The molecule has 0 bridgehead atoms. The van der Waals surface area contributed by atoms with Gasteiger partial charge < -0.3 is 4.42 Å². The van der Waals surface area contributed by atoms with Crippen molar-refractivity contribution in [2.45, 2.75) is 6.54 Å². The van der Waals surface area contributed by atoms with Crippen molar-refractivity contribution in [2.75, 3.05) is 0 Å². The number of thiophene rings is 1. The molecule has 0 aliphatic rings. The molecule has 0 spiro atoms.